The largest absolute Gasteiger partial charge is 0.443 e. The summed E-state index contributed by atoms with van der Waals surface area (Å²) in [4.78, 5) is 18.5. The summed E-state index contributed by atoms with van der Waals surface area (Å²) in [5.74, 6) is 1.83. The number of likely N-dealkylation sites (N-methyl/N-ethyl adjacent to an activating group) is 1. The molecule has 8 heteroatoms. The van der Waals surface area contributed by atoms with Gasteiger partial charge in [0.2, 0.25) is 16.9 Å². The van der Waals surface area contributed by atoms with E-state index < -0.39 is 0 Å². The summed E-state index contributed by atoms with van der Waals surface area (Å²) < 4.78 is 5.87. The van der Waals surface area contributed by atoms with Gasteiger partial charge in [0.1, 0.15) is 10.8 Å². The molecule has 0 saturated heterocycles. The lowest BCUT2D eigenvalue weighted by molar-refractivity contribution is -0.117. The van der Waals surface area contributed by atoms with Gasteiger partial charge in [-0.25, -0.2) is 4.98 Å². The van der Waals surface area contributed by atoms with Crippen LogP contribution in [0.1, 0.15) is 64.2 Å². The quantitative estimate of drug-likeness (QED) is 0.790. The number of carbonyl (C=O) groups is 1. The minimum atomic E-state index is -0.130. The normalized spacial score (nSPS) is 13.4. The fourth-order valence-corrected chi connectivity index (χ4v) is 3.24. The first-order chi connectivity index (χ1) is 12.1. The van der Waals surface area contributed by atoms with Crippen LogP contribution in [0.4, 0.5) is 5.13 Å². The maximum atomic E-state index is 12.3. The summed E-state index contributed by atoms with van der Waals surface area (Å²) in [6, 6.07) is -0.109. The summed E-state index contributed by atoms with van der Waals surface area (Å²) >= 11 is 1.42. The molecule has 0 aliphatic carbocycles. The van der Waals surface area contributed by atoms with Crippen molar-refractivity contribution in [2.45, 2.75) is 59.4 Å². The van der Waals surface area contributed by atoms with Crippen LogP contribution < -0.4 is 5.32 Å². The van der Waals surface area contributed by atoms with Crippen LogP contribution in [0.25, 0.3) is 0 Å². The molecule has 0 radical (unpaired) electrons. The smallest absolute Gasteiger partial charge is 0.240 e. The molecule has 26 heavy (non-hydrogen) atoms. The van der Waals surface area contributed by atoms with Crippen molar-refractivity contribution in [1.82, 2.24) is 20.1 Å². The fourth-order valence-electron chi connectivity index (χ4n) is 2.27. The minimum absolute atomic E-state index is 0.0908. The first kappa shape index (κ1) is 20.5. The highest BCUT2D eigenvalue weighted by molar-refractivity contribution is 7.15. The Morgan fingerprint density at radius 3 is 2.58 bits per heavy atom. The van der Waals surface area contributed by atoms with Crippen LogP contribution in [0, 0.1) is 5.92 Å². The number of carbonyl (C=O) groups excluding carboxylic acids is 1. The number of amides is 1. The van der Waals surface area contributed by atoms with Crippen molar-refractivity contribution in [3.05, 3.63) is 22.9 Å². The third-order valence-corrected chi connectivity index (χ3v) is 4.83. The number of oxazole rings is 1. The molecular formula is C18H29N5O2S. The van der Waals surface area contributed by atoms with E-state index in [4.69, 9.17) is 4.42 Å². The number of hydrogen-bond donors (Lipinski definition) is 1. The monoisotopic (exact) mass is 379 g/mol. The van der Waals surface area contributed by atoms with Crippen molar-refractivity contribution in [1.29, 1.82) is 0 Å². The van der Waals surface area contributed by atoms with Crippen molar-refractivity contribution in [2.24, 2.45) is 5.92 Å². The van der Waals surface area contributed by atoms with E-state index >= 15 is 0 Å². The molecule has 0 saturated carbocycles. The van der Waals surface area contributed by atoms with E-state index in [1.54, 1.807) is 6.20 Å². The molecule has 144 valence electrons. The van der Waals surface area contributed by atoms with Crippen molar-refractivity contribution in [3.63, 3.8) is 0 Å². The Labute approximate surface area is 159 Å². The third kappa shape index (κ3) is 5.60. The van der Waals surface area contributed by atoms with Crippen LogP contribution in [0.2, 0.25) is 0 Å². The highest BCUT2D eigenvalue weighted by Gasteiger charge is 2.24. The van der Waals surface area contributed by atoms with Crippen LogP contribution in [-0.4, -0.2) is 39.6 Å². The van der Waals surface area contributed by atoms with E-state index in [1.165, 1.54) is 11.3 Å². The number of aromatic nitrogens is 3. The summed E-state index contributed by atoms with van der Waals surface area (Å²) in [6.45, 7) is 12.7. The van der Waals surface area contributed by atoms with Gasteiger partial charge in [0.25, 0.3) is 0 Å². The first-order valence-corrected chi connectivity index (χ1v) is 9.66. The Morgan fingerprint density at radius 2 is 2.00 bits per heavy atom. The molecule has 2 heterocycles. The van der Waals surface area contributed by atoms with Gasteiger partial charge >= 0.3 is 0 Å². The van der Waals surface area contributed by atoms with Gasteiger partial charge in [-0.15, -0.1) is 10.2 Å². The number of hydrogen-bond acceptors (Lipinski definition) is 7. The van der Waals surface area contributed by atoms with Crippen molar-refractivity contribution in [3.8, 4) is 0 Å². The zero-order valence-electron chi connectivity index (χ0n) is 16.7. The van der Waals surface area contributed by atoms with E-state index in [-0.39, 0.29) is 23.9 Å². The molecular weight excluding hydrogens is 350 g/mol. The van der Waals surface area contributed by atoms with Gasteiger partial charge < -0.3 is 4.42 Å². The molecule has 2 rings (SSSR count). The van der Waals surface area contributed by atoms with Crippen LogP contribution in [0.3, 0.4) is 0 Å². The maximum Gasteiger partial charge on any atom is 0.240 e. The molecule has 1 amide bonds. The number of nitrogens with one attached hydrogen (secondary N) is 1. The highest BCUT2D eigenvalue weighted by atomic mass is 32.1. The second-order valence-corrected chi connectivity index (χ2v) is 9.11. The molecule has 0 fully saturated rings. The van der Waals surface area contributed by atoms with E-state index in [2.05, 4.69) is 55.1 Å². The van der Waals surface area contributed by atoms with Gasteiger partial charge in [0, 0.05) is 11.8 Å². The molecule has 1 unspecified atom stereocenters. The molecule has 0 spiro atoms. The summed E-state index contributed by atoms with van der Waals surface area (Å²) in [6.07, 6.45) is 2.63. The number of nitrogens with zero attached hydrogens (tertiary/aromatic N) is 4. The zero-order valence-corrected chi connectivity index (χ0v) is 17.5. The van der Waals surface area contributed by atoms with Gasteiger partial charge in [-0.05, 0) is 19.9 Å². The second-order valence-electron chi connectivity index (χ2n) is 8.05. The molecule has 0 aromatic carbocycles. The summed E-state index contributed by atoms with van der Waals surface area (Å²) in [7, 11) is 1.87. The van der Waals surface area contributed by atoms with Gasteiger partial charge in [-0.2, -0.15) is 0 Å². The van der Waals surface area contributed by atoms with Gasteiger partial charge in [-0.3, -0.25) is 15.0 Å². The van der Waals surface area contributed by atoms with Crippen LogP contribution in [0.15, 0.2) is 10.6 Å². The zero-order chi connectivity index (χ0) is 19.5. The summed E-state index contributed by atoms with van der Waals surface area (Å²) in [5.41, 5.74) is -0.0908. The second kappa shape index (κ2) is 8.26. The van der Waals surface area contributed by atoms with Crippen LogP contribution in [0.5, 0.6) is 0 Å². The lowest BCUT2D eigenvalue weighted by atomic mass is 9.94. The predicted molar refractivity (Wildman–Crippen MR) is 103 cm³/mol. The van der Waals surface area contributed by atoms with E-state index in [1.807, 2.05) is 18.9 Å². The topological polar surface area (TPSA) is 84.2 Å². The fraction of sp³-hybridized carbons (Fsp3) is 0.667. The standard InChI is InChI=1S/C18H29N5O2S/c1-11(2)8-15-21-22-17(26-15)20-14(24)10-23(7)12(3)16-19-9-13(25-16)18(4,5)6/h9,11-12H,8,10H2,1-7H3,(H,20,22,24). The highest BCUT2D eigenvalue weighted by Crippen LogP contribution is 2.26. The average Bonchev–Trinajstić information content (AvgIpc) is 3.14. The Balaban J connectivity index is 1.91. The van der Waals surface area contributed by atoms with Crippen molar-refractivity contribution >= 4 is 22.4 Å². The van der Waals surface area contributed by atoms with Gasteiger partial charge in [-0.1, -0.05) is 46.0 Å². The Bertz CT molecular complexity index is 732. The molecule has 7 nitrogen and oxygen atoms in total. The van der Waals surface area contributed by atoms with E-state index in [0.29, 0.717) is 16.9 Å². The van der Waals surface area contributed by atoms with Crippen LogP contribution in [-0.2, 0) is 16.6 Å². The molecule has 2 aromatic rings. The van der Waals surface area contributed by atoms with Gasteiger partial charge in [0.05, 0.1) is 18.8 Å². The minimum Gasteiger partial charge on any atom is -0.443 e. The lowest BCUT2D eigenvalue weighted by Crippen LogP contribution is -2.32. The molecule has 0 aliphatic heterocycles. The maximum absolute atomic E-state index is 12.3. The summed E-state index contributed by atoms with van der Waals surface area (Å²) in [5, 5.41) is 12.4. The molecule has 2 aromatic heterocycles. The number of anilines is 1. The van der Waals surface area contributed by atoms with E-state index in [9.17, 15) is 4.79 Å². The Morgan fingerprint density at radius 1 is 1.31 bits per heavy atom. The SMILES string of the molecule is CC(C)Cc1nnc(NC(=O)CN(C)C(C)c2ncc(C(C)(C)C)o2)s1. The lowest BCUT2D eigenvalue weighted by Gasteiger charge is -2.21. The average molecular weight is 380 g/mol. The first-order valence-electron chi connectivity index (χ1n) is 8.85. The van der Waals surface area contributed by atoms with Crippen molar-refractivity contribution in [2.75, 3.05) is 18.9 Å². The van der Waals surface area contributed by atoms with E-state index in [0.717, 1.165) is 17.2 Å². The number of rotatable bonds is 7. The van der Waals surface area contributed by atoms with Crippen molar-refractivity contribution < 1.29 is 9.21 Å². The molecule has 1 atom stereocenters. The molecule has 0 aliphatic rings. The van der Waals surface area contributed by atoms with Gasteiger partial charge in [0.15, 0.2) is 0 Å². The Hall–Kier alpha value is -1.80. The third-order valence-electron chi connectivity index (χ3n) is 3.97. The Kier molecular flexibility index (Phi) is 6.52. The molecule has 0 bridgehead atoms. The predicted octanol–water partition coefficient (Wildman–Crippen LogP) is 3.65. The van der Waals surface area contributed by atoms with Crippen LogP contribution >= 0.6 is 11.3 Å². The molecule has 1 N–H and O–H groups in total.